The van der Waals surface area contributed by atoms with E-state index in [2.05, 4.69) is 31.0 Å². The quantitative estimate of drug-likeness (QED) is 0.687. The molecule has 2 rings (SSSR count). The van der Waals surface area contributed by atoms with Gasteiger partial charge in [0.05, 0.1) is 5.52 Å². The van der Waals surface area contributed by atoms with Gasteiger partial charge in [0.25, 0.3) is 0 Å². The molecule has 72 valence electrons. The highest BCUT2D eigenvalue weighted by Gasteiger charge is 2.05. The van der Waals surface area contributed by atoms with Gasteiger partial charge in [-0.2, -0.15) is 0 Å². The second-order valence-electron chi connectivity index (χ2n) is 3.78. The molecule has 0 spiro atoms. The number of nitrogens with zero attached hydrogens (tertiary/aromatic N) is 1. The first-order valence-electron chi connectivity index (χ1n) is 4.72. The van der Waals surface area contributed by atoms with Crippen LogP contribution in [-0.2, 0) is 0 Å². The number of hydrogen-bond acceptors (Lipinski definition) is 2. The molecule has 0 aliphatic carbocycles. The van der Waals surface area contributed by atoms with Crippen LogP contribution < -0.4 is 5.73 Å². The Kier molecular flexibility index (Phi) is 1.92. The molecule has 0 amide bonds. The summed E-state index contributed by atoms with van der Waals surface area (Å²) in [5.74, 6) is 0. The maximum absolute atomic E-state index is 5.99. The Balaban J connectivity index is 3.00. The van der Waals surface area contributed by atoms with E-state index in [1.807, 2.05) is 13.0 Å². The Bertz CT molecular complexity index is 501. The minimum absolute atomic E-state index is 0.828. The molecule has 0 unspecified atom stereocenters. The first kappa shape index (κ1) is 9.00. The van der Waals surface area contributed by atoms with Crippen LogP contribution >= 0.6 is 0 Å². The molecule has 1 aromatic heterocycles. The zero-order chi connectivity index (χ0) is 10.3. The van der Waals surface area contributed by atoms with Crippen molar-refractivity contribution in [2.24, 2.45) is 0 Å². The Morgan fingerprint density at radius 1 is 1.07 bits per heavy atom. The van der Waals surface area contributed by atoms with Crippen LogP contribution in [0.15, 0.2) is 18.2 Å². The van der Waals surface area contributed by atoms with Gasteiger partial charge >= 0.3 is 0 Å². The number of rotatable bonds is 0. The van der Waals surface area contributed by atoms with Crippen molar-refractivity contribution in [2.45, 2.75) is 20.8 Å². The molecule has 2 aromatic rings. The molecule has 0 atom stereocenters. The number of nitrogens with two attached hydrogens (primary N) is 1. The smallest absolute Gasteiger partial charge is 0.0757 e. The van der Waals surface area contributed by atoms with E-state index < -0.39 is 0 Å². The summed E-state index contributed by atoms with van der Waals surface area (Å²) in [4.78, 5) is 4.52. The van der Waals surface area contributed by atoms with Crippen molar-refractivity contribution in [1.29, 1.82) is 0 Å². The first-order valence-corrected chi connectivity index (χ1v) is 4.72. The molecule has 14 heavy (non-hydrogen) atoms. The number of pyridine rings is 1. The van der Waals surface area contributed by atoms with Crippen molar-refractivity contribution in [3.05, 3.63) is 35.0 Å². The number of aromatic nitrogens is 1. The maximum Gasteiger partial charge on any atom is 0.0757 e. The zero-order valence-corrected chi connectivity index (χ0v) is 8.76. The van der Waals surface area contributed by atoms with E-state index in [0.717, 1.165) is 22.3 Å². The minimum atomic E-state index is 0.828. The third-order valence-corrected chi connectivity index (χ3v) is 2.53. The van der Waals surface area contributed by atoms with Gasteiger partial charge in [-0.05, 0) is 38.0 Å². The number of anilines is 1. The fraction of sp³-hybridized carbons (Fsp3) is 0.250. The summed E-state index contributed by atoms with van der Waals surface area (Å²) >= 11 is 0. The van der Waals surface area contributed by atoms with Crippen LogP contribution in [0.2, 0.25) is 0 Å². The summed E-state index contributed by atoms with van der Waals surface area (Å²) in [5.41, 5.74) is 11.2. The summed E-state index contributed by atoms with van der Waals surface area (Å²) in [7, 11) is 0. The lowest BCUT2D eigenvalue weighted by atomic mass is 10.0. The van der Waals surface area contributed by atoms with Crippen molar-refractivity contribution >= 4 is 16.6 Å². The Morgan fingerprint density at radius 3 is 2.43 bits per heavy atom. The van der Waals surface area contributed by atoms with E-state index >= 15 is 0 Å². The van der Waals surface area contributed by atoms with Gasteiger partial charge in [-0.3, -0.25) is 4.98 Å². The minimum Gasteiger partial charge on any atom is -0.398 e. The largest absolute Gasteiger partial charge is 0.398 e. The molecule has 1 heterocycles. The maximum atomic E-state index is 5.99. The van der Waals surface area contributed by atoms with Gasteiger partial charge < -0.3 is 5.73 Å². The average molecular weight is 186 g/mol. The predicted octanol–water partition coefficient (Wildman–Crippen LogP) is 2.74. The van der Waals surface area contributed by atoms with Crippen molar-refractivity contribution < 1.29 is 0 Å². The summed E-state index contributed by atoms with van der Waals surface area (Å²) in [6.45, 7) is 6.10. The molecular formula is C12H14N2. The normalized spacial score (nSPS) is 10.8. The first-order chi connectivity index (χ1) is 6.59. The second kappa shape index (κ2) is 2.98. The lowest BCUT2D eigenvalue weighted by Crippen LogP contribution is -1.95. The molecule has 0 aliphatic rings. The number of fused-ring (bicyclic) bond motifs is 1. The predicted molar refractivity (Wildman–Crippen MR) is 60.4 cm³/mol. The standard InChI is InChI=1S/C12H14N2/c1-7-4-5-8(2)12-11(7)10(13)6-9(3)14-12/h4-6H,1-3H3,(H2,13,14). The third-order valence-electron chi connectivity index (χ3n) is 2.53. The average Bonchev–Trinajstić information content (AvgIpc) is 2.10. The Labute approximate surface area is 83.8 Å². The molecule has 2 heteroatoms. The van der Waals surface area contributed by atoms with Crippen LogP contribution in [0.4, 0.5) is 5.69 Å². The molecule has 1 aromatic carbocycles. The molecule has 0 fully saturated rings. The van der Waals surface area contributed by atoms with Crippen LogP contribution in [-0.4, -0.2) is 4.98 Å². The van der Waals surface area contributed by atoms with Gasteiger partial charge in [0.1, 0.15) is 0 Å². The van der Waals surface area contributed by atoms with Crippen LogP contribution in [0, 0.1) is 20.8 Å². The highest BCUT2D eigenvalue weighted by molar-refractivity contribution is 5.94. The lowest BCUT2D eigenvalue weighted by Gasteiger charge is -2.08. The molecule has 0 aliphatic heterocycles. The molecule has 0 saturated heterocycles. The van der Waals surface area contributed by atoms with Crippen molar-refractivity contribution in [1.82, 2.24) is 4.98 Å². The number of aryl methyl sites for hydroxylation is 3. The number of hydrogen-bond donors (Lipinski definition) is 1. The van der Waals surface area contributed by atoms with Crippen molar-refractivity contribution in [3.63, 3.8) is 0 Å². The summed E-state index contributed by atoms with van der Waals surface area (Å²) in [5, 5.41) is 1.09. The van der Waals surface area contributed by atoms with Gasteiger partial charge in [-0.1, -0.05) is 12.1 Å². The second-order valence-corrected chi connectivity index (χ2v) is 3.78. The van der Waals surface area contributed by atoms with Crippen LogP contribution in [0.25, 0.3) is 10.9 Å². The van der Waals surface area contributed by atoms with Crippen molar-refractivity contribution in [3.8, 4) is 0 Å². The third kappa shape index (κ3) is 1.23. The molecule has 0 radical (unpaired) electrons. The molecule has 2 N–H and O–H groups in total. The molecule has 0 saturated carbocycles. The number of nitrogen functional groups attached to an aromatic ring is 1. The summed E-state index contributed by atoms with van der Waals surface area (Å²) in [6, 6.07) is 6.10. The van der Waals surface area contributed by atoms with E-state index in [1.54, 1.807) is 0 Å². The van der Waals surface area contributed by atoms with Crippen LogP contribution in [0.3, 0.4) is 0 Å². The topological polar surface area (TPSA) is 38.9 Å². The molecule has 0 bridgehead atoms. The molecular weight excluding hydrogens is 172 g/mol. The highest BCUT2D eigenvalue weighted by Crippen LogP contribution is 2.26. The highest BCUT2D eigenvalue weighted by atomic mass is 14.7. The Morgan fingerprint density at radius 2 is 1.71 bits per heavy atom. The van der Waals surface area contributed by atoms with E-state index in [4.69, 9.17) is 5.73 Å². The monoisotopic (exact) mass is 186 g/mol. The van der Waals surface area contributed by atoms with Crippen LogP contribution in [0.5, 0.6) is 0 Å². The van der Waals surface area contributed by atoms with E-state index in [0.29, 0.717) is 0 Å². The van der Waals surface area contributed by atoms with Gasteiger partial charge in [-0.25, -0.2) is 0 Å². The van der Waals surface area contributed by atoms with Crippen molar-refractivity contribution in [2.75, 3.05) is 5.73 Å². The zero-order valence-electron chi connectivity index (χ0n) is 8.76. The Hall–Kier alpha value is -1.57. The summed E-state index contributed by atoms with van der Waals surface area (Å²) < 4.78 is 0. The van der Waals surface area contributed by atoms with E-state index in [-0.39, 0.29) is 0 Å². The molecule has 2 nitrogen and oxygen atoms in total. The van der Waals surface area contributed by atoms with Gasteiger partial charge in [-0.15, -0.1) is 0 Å². The lowest BCUT2D eigenvalue weighted by molar-refractivity contribution is 1.24. The summed E-state index contributed by atoms with van der Waals surface area (Å²) in [6.07, 6.45) is 0. The van der Waals surface area contributed by atoms with Gasteiger partial charge in [0, 0.05) is 16.8 Å². The van der Waals surface area contributed by atoms with Crippen LogP contribution in [0.1, 0.15) is 16.8 Å². The van der Waals surface area contributed by atoms with Gasteiger partial charge in [0.2, 0.25) is 0 Å². The SMILES string of the molecule is Cc1cc(N)c2c(C)ccc(C)c2n1. The van der Waals surface area contributed by atoms with E-state index in [1.165, 1.54) is 11.1 Å². The fourth-order valence-corrected chi connectivity index (χ4v) is 1.81. The number of benzene rings is 1. The fourth-order valence-electron chi connectivity index (χ4n) is 1.81. The van der Waals surface area contributed by atoms with E-state index in [9.17, 15) is 0 Å². The van der Waals surface area contributed by atoms with Gasteiger partial charge in [0.15, 0.2) is 0 Å².